The Labute approximate surface area is 168 Å². The van der Waals surface area contributed by atoms with Gasteiger partial charge >= 0.3 is 5.97 Å². The van der Waals surface area contributed by atoms with E-state index in [1.807, 2.05) is 45.0 Å². The predicted octanol–water partition coefficient (Wildman–Crippen LogP) is 2.51. The molecule has 3 rings (SSSR count). The minimum absolute atomic E-state index is 0.115. The van der Waals surface area contributed by atoms with Gasteiger partial charge in [0.25, 0.3) is 5.91 Å². The minimum atomic E-state index is -0.829. The van der Waals surface area contributed by atoms with Gasteiger partial charge in [0.2, 0.25) is 5.43 Å². The highest BCUT2D eigenvalue weighted by atomic mass is 16.5. The van der Waals surface area contributed by atoms with Gasteiger partial charge < -0.3 is 14.6 Å². The fraction of sp³-hybridized carbons (Fsp3) is 0.273. The number of ether oxygens (including phenoxy) is 1. The summed E-state index contributed by atoms with van der Waals surface area (Å²) in [6.07, 6.45) is 1.43. The molecular formula is C22H23N3O4. The number of hydrogen-bond acceptors (Lipinski definition) is 5. The van der Waals surface area contributed by atoms with Crippen LogP contribution in [0.25, 0.3) is 11.0 Å². The smallest absolute Gasteiger partial charge is 0.344 e. The lowest BCUT2D eigenvalue weighted by molar-refractivity contribution is -0.124. The van der Waals surface area contributed by atoms with Crippen LogP contribution in [-0.4, -0.2) is 28.0 Å². The lowest BCUT2D eigenvalue weighted by Gasteiger charge is -2.11. The number of aryl methyl sites for hydroxylation is 3. The van der Waals surface area contributed by atoms with Crippen LogP contribution in [0.4, 0.5) is 0 Å². The maximum absolute atomic E-state index is 12.7. The summed E-state index contributed by atoms with van der Waals surface area (Å²) in [6.45, 7) is 6.12. The average Bonchev–Trinajstić information content (AvgIpc) is 2.71. The molecule has 0 aliphatic rings. The molecule has 3 aromatic rings. The Morgan fingerprint density at radius 1 is 1.10 bits per heavy atom. The van der Waals surface area contributed by atoms with E-state index < -0.39 is 23.9 Å². The van der Waals surface area contributed by atoms with Crippen molar-refractivity contribution in [3.63, 3.8) is 0 Å². The molecular weight excluding hydrogens is 370 g/mol. The lowest BCUT2D eigenvalue weighted by atomic mass is 10.1. The molecule has 0 bridgehead atoms. The molecule has 0 saturated heterocycles. The van der Waals surface area contributed by atoms with E-state index in [-0.39, 0.29) is 5.56 Å². The van der Waals surface area contributed by atoms with Crippen molar-refractivity contribution in [1.29, 1.82) is 0 Å². The molecule has 0 unspecified atom stereocenters. The number of carbonyl (C=O) groups excluding carboxylic acids is 2. The first-order valence-electron chi connectivity index (χ1n) is 9.39. The van der Waals surface area contributed by atoms with E-state index in [1.165, 1.54) is 6.20 Å². The van der Waals surface area contributed by atoms with Crippen molar-refractivity contribution < 1.29 is 14.3 Å². The van der Waals surface area contributed by atoms with Crippen LogP contribution < -0.4 is 10.7 Å². The van der Waals surface area contributed by atoms with Crippen LogP contribution in [0.5, 0.6) is 0 Å². The number of aromatic nitrogens is 2. The summed E-state index contributed by atoms with van der Waals surface area (Å²) in [5.41, 5.74) is 2.80. The summed E-state index contributed by atoms with van der Waals surface area (Å²) < 4.78 is 6.79. The summed E-state index contributed by atoms with van der Waals surface area (Å²) in [7, 11) is 0. The number of rotatable bonds is 6. The summed E-state index contributed by atoms with van der Waals surface area (Å²) in [5.74, 6) is -1.27. The molecule has 0 saturated carbocycles. The fourth-order valence-corrected chi connectivity index (χ4v) is 2.91. The first-order chi connectivity index (χ1) is 13.9. The summed E-state index contributed by atoms with van der Waals surface area (Å²) in [5, 5.41) is 3.03. The van der Waals surface area contributed by atoms with E-state index in [1.54, 1.807) is 16.7 Å². The Hall–Kier alpha value is -3.48. The molecule has 0 fully saturated rings. The van der Waals surface area contributed by atoms with Gasteiger partial charge in [0.1, 0.15) is 11.2 Å². The number of esters is 1. The van der Waals surface area contributed by atoms with Crippen LogP contribution >= 0.6 is 0 Å². The zero-order chi connectivity index (χ0) is 21.0. The Kier molecular flexibility index (Phi) is 6.07. The predicted molar refractivity (Wildman–Crippen MR) is 110 cm³/mol. The molecule has 1 amide bonds. The minimum Gasteiger partial charge on any atom is -0.452 e. The van der Waals surface area contributed by atoms with Crippen molar-refractivity contribution in [2.45, 2.75) is 33.9 Å². The van der Waals surface area contributed by atoms with Crippen molar-refractivity contribution in [3.05, 3.63) is 75.2 Å². The highest BCUT2D eigenvalue weighted by molar-refractivity contribution is 5.94. The molecule has 1 N–H and O–H groups in total. The first kappa shape index (κ1) is 20.3. The zero-order valence-electron chi connectivity index (χ0n) is 16.7. The van der Waals surface area contributed by atoms with Gasteiger partial charge in [0.05, 0.1) is 5.39 Å². The second-order valence-electron chi connectivity index (χ2n) is 6.82. The molecule has 2 aromatic heterocycles. The third-order valence-electron chi connectivity index (χ3n) is 4.57. The van der Waals surface area contributed by atoms with Crippen LogP contribution in [0.2, 0.25) is 0 Å². The van der Waals surface area contributed by atoms with Gasteiger partial charge in [-0.05, 0) is 38.5 Å². The van der Waals surface area contributed by atoms with E-state index in [9.17, 15) is 14.4 Å². The van der Waals surface area contributed by atoms with Crippen molar-refractivity contribution in [2.75, 3.05) is 6.61 Å². The van der Waals surface area contributed by atoms with Gasteiger partial charge in [-0.25, -0.2) is 9.78 Å². The fourth-order valence-electron chi connectivity index (χ4n) is 2.91. The molecule has 0 aliphatic heterocycles. The van der Waals surface area contributed by atoms with Crippen LogP contribution in [0, 0.1) is 13.8 Å². The molecule has 7 heteroatoms. The Bertz CT molecular complexity index is 1120. The molecule has 0 atom stereocenters. The number of nitrogens with zero attached hydrogens (tertiary/aromatic N) is 2. The van der Waals surface area contributed by atoms with E-state index in [2.05, 4.69) is 10.3 Å². The molecule has 0 radical (unpaired) electrons. The molecule has 29 heavy (non-hydrogen) atoms. The molecule has 0 aliphatic carbocycles. The highest BCUT2D eigenvalue weighted by Crippen LogP contribution is 2.11. The van der Waals surface area contributed by atoms with E-state index >= 15 is 0 Å². The van der Waals surface area contributed by atoms with E-state index in [0.717, 1.165) is 16.8 Å². The third-order valence-corrected chi connectivity index (χ3v) is 4.57. The molecule has 150 valence electrons. The first-order valence-corrected chi connectivity index (χ1v) is 9.39. The van der Waals surface area contributed by atoms with Crippen LogP contribution in [0.15, 0.2) is 47.4 Å². The SMILES string of the molecule is CCn1cc(C(=O)OCC(=O)NCc2ccc(C)cc2)c(=O)c2ccc(C)nc21. The van der Waals surface area contributed by atoms with Gasteiger partial charge in [0.15, 0.2) is 6.61 Å². The number of fused-ring (bicyclic) bond motifs is 1. The largest absolute Gasteiger partial charge is 0.452 e. The Morgan fingerprint density at radius 2 is 1.83 bits per heavy atom. The van der Waals surface area contributed by atoms with Crippen LogP contribution in [0.3, 0.4) is 0 Å². The van der Waals surface area contributed by atoms with Crippen molar-refractivity contribution in [1.82, 2.24) is 14.9 Å². The van der Waals surface area contributed by atoms with Gasteiger partial charge in [-0.1, -0.05) is 29.8 Å². The molecule has 2 heterocycles. The monoisotopic (exact) mass is 393 g/mol. The molecule has 0 spiro atoms. The maximum Gasteiger partial charge on any atom is 0.344 e. The van der Waals surface area contributed by atoms with Crippen molar-refractivity contribution in [2.24, 2.45) is 0 Å². The number of carbonyl (C=O) groups is 2. The standard InChI is InChI=1S/C22H23N3O4/c1-4-25-12-18(20(27)17-10-7-15(3)24-21(17)25)22(28)29-13-19(26)23-11-16-8-5-14(2)6-9-16/h5-10,12H,4,11,13H2,1-3H3,(H,23,26). The number of benzene rings is 1. The van der Waals surface area contributed by atoms with Gasteiger partial charge in [-0.15, -0.1) is 0 Å². The second kappa shape index (κ2) is 8.68. The van der Waals surface area contributed by atoms with Crippen molar-refractivity contribution in [3.8, 4) is 0 Å². The quantitative estimate of drug-likeness (QED) is 0.650. The van der Waals surface area contributed by atoms with Crippen LogP contribution in [-0.2, 0) is 22.6 Å². The summed E-state index contributed by atoms with van der Waals surface area (Å²) in [4.78, 5) is 41.5. The summed E-state index contributed by atoms with van der Waals surface area (Å²) in [6, 6.07) is 11.1. The van der Waals surface area contributed by atoms with E-state index in [4.69, 9.17) is 4.74 Å². The Balaban J connectivity index is 1.68. The van der Waals surface area contributed by atoms with Crippen LogP contribution in [0.1, 0.15) is 34.1 Å². The Morgan fingerprint density at radius 3 is 2.52 bits per heavy atom. The lowest BCUT2D eigenvalue weighted by Crippen LogP contribution is -2.29. The highest BCUT2D eigenvalue weighted by Gasteiger charge is 2.18. The topological polar surface area (TPSA) is 90.3 Å². The number of nitrogens with one attached hydrogen (secondary N) is 1. The average molecular weight is 393 g/mol. The number of pyridine rings is 2. The van der Waals surface area contributed by atoms with Gasteiger partial charge in [-0.3, -0.25) is 9.59 Å². The summed E-state index contributed by atoms with van der Waals surface area (Å²) >= 11 is 0. The maximum atomic E-state index is 12.7. The third kappa shape index (κ3) is 4.68. The number of amides is 1. The van der Waals surface area contributed by atoms with Gasteiger partial charge in [0, 0.05) is 25.0 Å². The number of hydrogen-bond donors (Lipinski definition) is 1. The normalized spacial score (nSPS) is 10.7. The zero-order valence-corrected chi connectivity index (χ0v) is 16.7. The molecule has 7 nitrogen and oxygen atoms in total. The van der Waals surface area contributed by atoms with Gasteiger partial charge in [-0.2, -0.15) is 0 Å². The second-order valence-corrected chi connectivity index (χ2v) is 6.82. The molecule has 1 aromatic carbocycles. The van der Waals surface area contributed by atoms with Crippen molar-refractivity contribution >= 4 is 22.9 Å². The van der Waals surface area contributed by atoms with E-state index in [0.29, 0.717) is 24.1 Å².